The standard InChI is InChI=1S/C4H2F8O3S.Na/c5-1(3(8,9)10)2(6,7)4(11,12)16(13,14)15;/h1H,(H,13,14,15);/q;+1/p-1. The normalized spacial score (nSPS) is 16.3. The molecule has 0 bridgehead atoms. The average Bonchev–Trinajstić information content (AvgIpc) is 1.98. The molecule has 0 heterocycles. The summed E-state index contributed by atoms with van der Waals surface area (Å²) in [7, 11) is -7.14. The molecule has 0 aromatic heterocycles. The maximum absolute atomic E-state index is 12.2. The van der Waals surface area contributed by atoms with Gasteiger partial charge in [0.2, 0.25) is 0 Å². The molecule has 0 saturated heterocycles. The second kappa shape index (κ2) is 5.15. The van der Waals surface area contributed by atoms with E-state index in [2.05, 4.69) is 0 Å². The van der Waals surface area contributed by atoms with Crippen LogP contribution in [0.2, 0.25) is 0 Å². The van der Waals surface area contributed by atoms with Crippen molar-refractivity contribution >= 4 is 10.1 Å². The van der Waals surface area contributed by atoms with Crippen molar-refractivity contribution in [2.45, 2.75) is 23.5 Å². The third-order valence-electron chi connectivity index (χ3n) is 1.31. The Morgan fingerprint density at radius 3 is 1.41 bits per heavy atom. The van der Waals surface area contributed by atoms with Crippen LogP contribution in [0.4, 0.5) is 35.1 Å². The first-order chi connectivity index (χ1) is 6.65. The zero-order chi connectivity index (χ0) is 13.6. The smallest absolute Gasteiger partial charge is 0.743 e. The van der Waals surface area contributed by atoms with Gasteiger partial charge in [-0.3, -0.25) is 0 Å². The minimum absolute atomic E-state index is 0. The van der Waals surface area contributed by atoms with E-state index in [0.29, 0.717) is 0 Å². The minimum atomic E-state index is -7.14. The van der Waals surface area contributed by atoms with E-state index in [4.69, 9.17) is 0 Å². The molecule has 0 amide bonds. The molecule has 0 aliphatic heterocycles. The molecule has 0 rings (SSSR count). The summed E-state index contributed by atoms with van der Waals surface area (Å²) in [6.45, 7) is 0. The summed E-state index contributed by atoms with van der Waals surface area (Å²) in [5, 5.41) is -6.70. The second-order valence-electron chi connectivity index (χ2n) is 2.50. The number of halogens is 8. The zero-order valence-electron chi connectivity index (χ0n) is 7.73. The van der Waals surface area contributed by atoms with Gasteiger partial charge in [0.05, 0.1) is 0 Å². The summed E-state index contributed by atoms with van der Waals surface area (Å²) in [5.74, 6) is -6.70. The first-order valence-electron chi connectivity index (χ1n) is 3.07. The summed E-state index contributed by atoms with van der Waals surface area (Å²) in [6, 6.07) is 0. The van der Waals surface area contributed by atoms with Crippen LogP contribution in [0.3, 0.4) is 0 Å². The molecule has 0 radical (unpaired) electrons. The number of hydrogen-bond acceptors (Lipinski definition) is 3. The van der Waals surface area contributed by atoms with Crippen molar-refractivity contribution in [1.29, 1.82) is 0 Å². The largest absolute Gasteiger partial charge is 1.00 e. The molecule has 0 aliphatic rings. The number of alkyl halides is 8. The van der Waals surface area contributed by atoms with Gasteiger partial charge in [0, 0.05) is 0 Å². The predicted octanol–water partition coefficient (Wildman–Crippen LogP) is -1.34. The zero-order valence-corrected chi connectivity index (χ0v) is 10.6. The summed E-state index contributed by atoms with van der Waals surface area (Å²) in [5.41, 5.74) is 0. The maximum Gasteiger partial charge on any atom is 1.00 e. The summed E-state index contributed by atoms with van der Waals surface area (Å²) >= 11 is 0. The van der Waals surface area contributed by atoms with Crippen molar-refractivity contribution in [3.05, 3.63) is 0 Å². The average molecular weight is 304 g/mol. The summed E-state index contributed by atoms with van der Waals surface area (Å²) in [6.07, 6.45) is -11.9. The molecule has 0 aliphatic carbocycles. The Bertz CT molecular complexity index is 361. The molecule has 98 valence electrons. The molecule has 0 fully saturated rings. The van der Waals surface area contributed by atoms with Crippen molar-refractivity contribution < 1.29 is 77.7 Å². The molecule has 1 unspecified atom stereocenters. The predicted molar refractivity (Wildman–Crippen MR) is 30.5 cm³/mol. The first kappa shape index (κ1) is 19.7. The van der Waals surface area contributed by atoms with Crippen LogP contribution in [0.5, 0.6) is 0 Å². The van der Waals surface area contributed by atoms with Crippen molar-refractivity contribution in [1.82, 2.24) is 0 Å². The maximum atomic E-state index is 12.2. The van der Waals surface area contributed by atoms with E-state index in [1.54, 1.807) is 0 Å². The molecule has 0 saturated carbocycles. The van der Waals surface area contributed by atoms with E-state index >= 15 is 0 Å². The van der Waals surface area contributed by atoms with Crippen LogP contribution in [0, 0.1) is 0 Å². The fourth-order valence-corrected chi connectivity index (χ4v) is 0.957. The molecule has 0 spiro atoms. The van der Waals surface area contributed by atoms with Crippen LogP contribution in [0.15, 0.2) is 0 Å². The Morgan fingerprint density at radius 2 is 1.24 bits per heavy atom. The molecular weight excluding hydrogens is 303 g/mol. The van der Waals surface area contributed by atoms with Crippen LogP contribution < -0.4 is 29.6 Å². The van der Waals surface area contributed by atoms with Crippen molar-refractivity contribution in [2.75, 3.05) is 0 Å². The SMILES string of the molecule is O=S(=O)([O-])C(F)(F)C(F)(F)C(F)C(F)(F)F.[Na+]. The van der Waals surface area contributed by atoms with Gasteiger partial charge in [0.25, 0.3) is 6.17 Å². The van der Waals surface area contributed by atoms with E-state index in [1.165, 1.54) is 0 Å². The van der Waals surface area contributed by atoms with Crippen LogP contribution in [0.25, 0.3) is 0 Å². The number of rotatable bonds is 3. The van der Waals surface area contributed by atoms with Gasteiger partial charge < -0.3 is 4.55 Å². The van der Waals surface area contributed by atoms with Gasteiger partial charge in [-0.15, -0.1) is 0 Å². The van der Waals surface area contributed by atoms with Gasteiger partial charge >= 0.3 is 46.9 Å². The monoisotopic (exact) mass is 304 g/mol. The second-order valence-corrected chi connectivity index (χ2v) is 3.92. The van der Waals surface area contributed by atoms with Crippen molar-refractivity contribution in [3.8, 4) is 0 Å². The van der Waals surface area contributed by atoms with Gasteiger partial charge in [-0.1, -0.05) is 0 Å². The third kappa shape index (κ3) is 3.66. The minimum Gasteiger partial charge on any atom is -0.743 e. The molecule has 0 aromatic rings. The molecule has 0 aromatic carbocycles. The first-order valence-corrected chi connectivity index (χ1v) is 4.48. The summed E-state index contributed by atoms with van der Waals surface area (Å²) < 4.78 is 123. The number of hydrogen-bond donors (Lipinski definition) is 0. The van der Waals surface area contributed by atoms with E-state index < -0.39 is 33.6 Å². The van der Waals surface area contributed by atoms with Crippen molar-refractivity contribution in [3.63, 3.8) is 0 Å². The van der Waals surface area contributed by atoms with Gasteiger partial charge in [0.1, 0.15) is 0 Å². The van der Waals surface area contributed by atoms with Crippen LogP contribution >= 0.6 is 0 Å². The fourth-order valence-electron chi connectivity index (χ4n) is 0.520. The van der Waals surface area contributed by atoms with Crippen LogP contribution in [-0.2, 0) is 10.1 Å². The Morgan fingerprint density at radius 1 is 0.941 bits per heavy atom. The van der Waals surface area contributed by atoms with Crippen LogP contribution in [0.1, 0.15) is 0 Å². The summed E-state index contributed by atoms with van der Waals surface area (Å²) in [4.78, 5) is 0. The molecule has 3 nitrogen and oxygen atoms in total. The van der Waals surface area contributed by atoms with E-state index in [9.17, 15) is 48.1 Å². The molecule has 17 heavy (non-hydrogen) atoms. The van der Waals surface area contributed by atoms with Gasteiger partial charge in [-0.2, -0.15) is 30.7 Å². The van der Waals surface area contributed by atoms with E-state index in [1.807, 2.05) is 0 Å². The molecule has 13 heteroatoms. The van der Waals surface area contributed by atoms with E-state index in [-0.39, 0.29) is 29.6 Å². The topological polar surface area (TPSA) is 57.2 Å². The van der Waals surface area contributed by atoms with Gasteiger partial charge in [-0.05, 0) is 0 Å². The van der Waals surface area contributed by atoms with Gasteiger partial charge in [0.15, 0.2) is 10.1 Å². The van der Waals surface area contributed by atoms with Crippen molar-refractivity contribution in [2.24, 2.45) is 0 Å². The van der Waals surface area contributed by atoms with Gasteiger partial charge in [-0.25, -0.2) is 12.8 Å². The quantitative estimate of drug-likeness (QED) is 0.369. The Kier molecular flexibility index (Phi) is 5.96. The third-order valence-corrected chi connectivity index (χ3v) is 2.21. The Hall–Kier alpha value is 0.350. The molecule has 0 N–H and O–H groups in total. The fraction of sp³-hybridized carbons (Fsp3) is 1.00. The Balaban J connectivity index is 0. The molecule has 1 atom stereocenters. The van der Waals surface area contributed by atoms with Crippen LogP contribution in [-0.4, -0.2) is 36.5 Å². The Labute approximate surface area is 111 Å². The van der Waals surface area contributed by atoms with E-state index in [0.717, 1.165) is 0 Å². The molecular formula is C4HF8NaO3S.